The summed E-state index contributed by atoms with van der Waals surface area (Å²) in [6.07, 6.45) is -1.72. The van der Waals surface area contributed by atoms with Crippen molar-refractivity contribution in [2.24, 2.45) is 28.7 Å². The van der Waals surface area contributed by atoms with Crippen LogP contribution in [0.3, 0.4) is 0 Å². The number of carboxylic acid groups (broad SMARTS) is 1. The second kappa shape index (κ2) is 50.1. The van der Waals surface area contributed by atoms with Gasteiger partial charge in [0.15, 0.2) is 0 Å². The highest BCUT2D eigenvalue weighted by Gasteiger charge is 2.47. The predicted molar refractivity (Wildman–Crippen MR) is 483 cm³/mol. The average Bonchev–Trinajstić information content (AvgIpc) is 1.07. The molecule has 0 spiro atoms. The van der Waals surface area contributed by atoms with Gasteiger partial charge in [0.2, 0.25) is 100 Å². The fraction of sp³-hybridized carbons (Fsp3) is 0.540. The summed E-state index contributed by atoms with van der Waals surface area (Å²) in [6.45, 7) is 2.55. The molecule has 2 aromatic heterocycles. The van der Waals surface area contributed by atoms with Gasteiger partial charge < -0.3 is 127 Å². The van der Waals surface area contributed by atoms with Crippen molar-refractivity contribution in [3.63, 3.8) is 0 Å². The normalized spacial score (nSPS) is 25.1. The molecular weight excluding hydrogens is 1740 g/mol. The molecule has 5 heterocycles. The third kappa shape index (κ3) is 29.1. The first-order valence-corrected chi connectivity index (χ1v) is 45.8. The Morgan fingerprint density at radius 3 is 1.76 bits per heavy atom. The van der Waals surface area contributed by atoms with Crippen LogP contribution in [0.25, 0.3) is 21.0 Å². The number of primary amides is 2. The minimum atomic E-state index is -1.92. The first-order valence-electron chi connectivity index (χ1n) is 43.8. The number of aromatic hydroxyl groups is 1. The second-order valence-corrected chi connectivity index (χ2v) is 34.9. The van der Waals surface area contributed by atoms with E-state index in [1.54, 1.807) is 36.5 Å². The van der Waals surface area contributed by atoms with Gasteiger partial charge in [-0.1, -0.05) is 88.1 Å². The maximum Gasteiger partial charge on any atom is 0.305 e. The Kier molecular flexibility index (Phi) is 39.8. The Morgan fingerprint density at radius 2 is 1.09 bits per heavy atom. The summed E-state index contributed by atoms with van der Waals surface area (Å²) in [6, 6.07) is -2.26. The number of unbranched alkanes of at least 4 members (excludes halogenated alkanes) is 2. The molecule has 8 rings (SSSR count). The van der Waals surface area contributed by atoms with Crippen LogP contribution < -0.4 is 81.8 Å². The number of thioether (sulfide) groups is 1. The number of nitrogens with zero attached hydrogens (tertiary/aromatic N) is 5. The lowest BCUT2D eigenvalue weighted by Crippen LogP contribution is -2.61. The Morgan fingerprint density at radius 1 is 0.527 bits per heavy atom. The third-order valence-corrected chi connectivity index (χ3v) is 25.4. The highest BCUT2D eigenvalue weighted by atomic mass is 32.2. The smallest absolute Gasteiger partial charge is 0.305 e. The van der Waals surface area contributed by atoms with E-state index in [9.17, 15) is 68.1 Å². The van der Waals surface area contributed by atoms with Gasteiger partial charge in [0, 0.05) is 100 Å². The van der Waals surface area contributed by atoms with Crippen LogP contribution in [0.15, 0.2) is 84.4 Å². The van der Waals surface area contributed by atoms with Crippen molar-refractivity contribution in [2.45, 2.75) is 227 Å². The molecule has 17 amide bonds. The monoisotopic (exact) mass is 1860 g/mol. The topological polar surface area (TPSA) is 650 Å². The lowest BCUT2D eigenvalue weighted by molar-refractivity contribution is -0.149. The van der Waals surface area contributed by atoms with Crippen molar-refractivity contribution in [3.8, 4) is 5.75 Å². The number of amides is 17. The molecule has 3 aromatic carbocycles. The first kappa shape index (κ1) is 104. The maximum atomic E-state index is 15.8. The van der Waals surface area contributed by atoms with Gasteiger partial charge in [-0.15, -0.1) is 23.1 Å². The summed E-state index contributed by atoms with van der Waals surface area (Å²) >= 11 is 2.13. The molecule has 714 valence electrons. The number of benzene rings is 3. The van der Waals surface area contributed by atoms with E-state index in [1.807, 2.05) is 37.4 Å². The third-order valence-electron chi connectivity index (χ3n) is 23.4. The lowest BCUT2D eigenvalue weighted by Gasteiger charge is -2.36. The minimum Gasteiger partial charge on any atom is -0.508 e. The molecule has 15 atom stereocenters. The Hall–Kier alpha value is -12.4. The highest BCUT2D eigenvalue weighted by molar-refractivity contribution is 8.00. The summed E-state index contributed by atoms with van der Waals surface area (Å²) in [5, 5.41) is 60.9. The molecular formula is C87H123N21O21S2. The standard InChI is InChI=1S/C87H123N21O21S2/c1-7-9-21-65-80(122)97-56(20-15-32-88)76(118)103-64(75(117)94-42-71(92)112)45-130-46-72(113)95-60(35-48-25-27-51(109)28-26-48)83(125)104(4)47(3)74(116)100-62(39-73(114)115)86(128)107-34-16-23-66(107)81(123)102-63(40-90)79(121)98-58(29-30-70(91)111)85(127)108-43-52(110)38-68(108)82(124)99-59(36-49-41-93-55-19-13-11-17-53(49)55)78(120)96-57(31-33-89)77(119)101-61(37-50-44-131-69-24-14-12-18-54(50)69)84(126)106(6)67(22-10-8-2)87(129)105(65)5/h11-14,17-19,24-28,41,44,47,52,56-68,93,109-110H,7-10,15-16,20-23,29-40,42-43,45-46,88-90H2,1-6H3,(H2,91,111)(H2,92,112)(H,94,117)(H,95,113)(H,96,120)(H,97,122)(H,98,121)(H,99,124)(H,100,116)(H,101,119)(H,102,123)(H,103,118)(H,114,115)/t47-,52+,56-,57-,58-,59-,60-,61-,62-,63-,64-,65-,66-,67-,68-/m0/s1. The number of para-hydroxylation sites is 1. The summed E-state index contributed by atoms with van der Waals surface area (Å²) in [4.78, 5) is 269. The number of phenolic OH excluding ortho intramolecular Hbond substituents is 1. The number of aliphatic hydroxyl groups excluding tert-OH is 1. The Balaban J connectivity index is 1.19. The number of nitrogens with two attached hydrogens (primary N) is 5. The number of phenols is 1. The number of hydrogen-bond acceptors (Lipinski definition) is 25. The average molecular weight is 1860 g/mol. The van der Waals surface area contributed by atoms with Crippen LogP contribution in [-0.2, 0) is 106 Å². The number of aromatic nitrogens is 1. The number of hydrogen-bond donors (Lipinski definition) is 19. The van der Waals surface area contributed by atoms with Crippen LogP contribution in [0, 0.1) is 0 Å². The summed E-state index contributed by atoms with van der Waals surface area (Å²) in [7, 11) is 3.92. The number of carbonyl (C=O) groups excluding carboxylic acids is 17. The SMILES string of the molecule is CCCC[C@H]1C(=O)N(C)[C@@H](CCCC)C(=O)N[C@@H](CCCN)C(=O)N[C@H](C(=O)NCC(N)=O)CSCC(=O)N[C@@H](Cc2ccc(O)cc2)C(=O)N(C)[C@@H](C)C(=O)N[C@@H](CC(=O)O)C(=O)N2CCC[C@H]2C(=O)N[C@@H](CN)C(=O)N[C@@H](CCC(N)=O)C(=O)N2C[C@H](O)C[C@H]2C(=O)N[C@@H](Cc2c[nH]c3ccccc23)C(=O)N[C@@H](CCN)C(=O)N[C@@H](Cc2csc3ccccc23)C(=O)N1C. The molecule has 0 aliphatic carbocycles. The highest BCUT2D eigenvalue weighted by Crippen LogP contribution is 2.30. The zero-order valence-corrected chi connectivity index (χ0v) is 75.9. The zero-order valence-electron chi connectivity index (χ0n) is 74.3. The predicted octanol–water partition coefficient (Wildman–Crippen LogP) is -3.55. The van der Waals surface area contributed by atoms with Gasteiger partial charge in [-0.05, 0) is 123 Å². The number of fused-ring (bicyclic) bond motifs is 4. The molecule has 5 aromatic rings. The van der Waals surface area contributed by atoms with Crippen molar-refractivity contribution in [2.75, 3.05) is 71.9 Å². The fourth-order valence-electron chi connectivity index (χ4n) is 15.9. The number of aliphatic hydroxyl groups is 1. The Bertz CT molecular complexity index is 4920. The molecule has 42 nitrogen and oxygen atoms in total. The van der Waals surface area contributed by atoms with E-state index in [0.29, 0.717) is 53.3 Å². The number of carbonyl (C=O) groups is 18. The molecule has 3 aliphatic heterocycles. The maximum absolute atomic E-state index is 15.8. The van der Waals surface area contributed by atoms with E-state index >= 15 is 33.6 Å². The van der Waals surface area contributed by atoms with E-state index in [0.717, 1.165) is 36.5 Å². The number of nitrogens with one attached hydrogen (secondary N) is 11. The van der Waals surface area contributed by atoms with Crippen molar-refractivity contribution < 1.29 is 102 Å². The molecule has 24 N–H and O–H groups in total. The van der Waals surface area contributed by atoms with Crippen LogP contribution in [0.1, 0.15) is 134 Å². The largest absolute Gasteiger partial charge is 0.508 e. The number of rotatable bonds is 26. The molecule has 0 saturated carbocycles. The molecule has 44 heteroatoms. The van der Waals surface area contributed by atoms with E-state index in [4.69, 9.17) is 28.7 Å². The summed E-state index contributed by atoms with van der Waals surface area (Å²) < 4.78 is 0.828. The second-order valence-electron chi connectivity index (χ2n) is 33.0. The molecule has 3 fully saturated rings. The van der Waals surface area contributed by atoms with Crippen LogP contribution in [0.4, 0.5) is 0 Å². The fourth-order valence-corrected chi connectivity index (χ4v) is 17.8. The lowest BCUT2D eigenvalue weighted by atomic mass is 9.99. The van der Waals surface area contributed by atoms with E-state index in [1.165, 1.54) is 73.5 Å². The molecule has 0 radical (unpaired) electrons. The van der Waals surface area contributed by atoms with E-state index in [2.05, 4.69) is 58.2 Å². The van der Waals surface area contributed by atoms with Gasteiger partial charge in [-0.25, -0.2) is 0 Å². The van der Waals surface area contributed by atoms with Crippen LogP contribution >= 0.6 is 23.1 Å². The number of aliphatic carboxylic acids is 1. The van der Waals surface area contributed by atoms with Crippen molar-refractivity contribution in [3.05, 3.63) is 101 Å². The van der Waals surface area contributed by atoms with Gasteiger partial charge in [0.1, 0.15) is 90.3 Å². The number of H-pyrrole nitrogens is 1. The van der Waals surface area contributed by atoms with Crippen LogP contribution in [0.2, 0.25) is 0 Å². The number of aromatic amines is 1. The number of thiophene rings is 1. The van der Waals surface area contributed by atoms with E-state index < -0.39 is 254 Å². The minimum absolute atomic E-state index is 0.000382. The Labute approximate surface area is 765 Å². The van der Waals surface area contributed by atoms with Gasteiger partial charge in [-0.2, -0.15) is 0 Å². The number of carboxylic acids is 1. The van der Waals surface area contributed by atoms with Gasteiger partial charge in [0.05, 0.1) is 24.8 Å². The molecule has 0 unspecified atom stereocenters. The quantitative estimate of drug-likeness (QED) is 0.0255. The van der Waals surface area contributed by atoms with Gasteiger partial charge in [-0.3, -0.25) is 86.3 Å². The van der Waals surface area contributed by atoms with Crippen molar-refractivity contribution >= 4 is 150 Å². The zero-order chi connectivity index (χ0) is 96.0. The van der Waals surface area contributed by atoms with Crippen LogP contribution in [-0.4, -0.2) is 314 Å². The van der Waals surface area contributed by atoms with E-state index in [-0.39, 0.29) is 89.6 Å². The van der Waals surface area contributed by atoms with Gasteiger partial charge >= 0.3 is 5.97 Å². The van der Waals surface area contributed by atoms with Crippen LogP contribution in [0.5, 0.6) is 5.75 Å². The van der Waals surface area contributed by atoms with Crippen molar-refractivity contribution in [1.29, 1.82) is 0 Å². The first-order chi connectivity index (χ1) is 62.4. The summed E-state index contributed by atoms with van der Waals surface area (Å²) in [5.41, 5.74) is 31.5. The molecule has 3 saturated heterocycles. The molecule has 3 aliphatic rings. The van der Waals surface area contributed by atoms with Gasteiger partial charge in [0.25, 0.3) is 0 Å². The van der Waals surface area contributed by atoms with Crippen molar-refractivity contribution in [1.82, 2.24) is 82.7 Å². The molecule has 0 bridgehead atoms. The summed E-state index contributed by atoms with van der Waals surface area (Å²) in [5.74, 6) is -19.0. The molecule has 131 heavy (non-hydrogen) atoms. The number of likely N-dealkylation sites (N-methyl/N-ethyl adjacent to an activating group) is 3.